The molecule has 2 heterocycles. The number of nitrogens with zero attached hydrogens (tertiary/aromatic N) is 4. The monoisotopic (exact) mass is 770 g/mol. The summed E-state index contributed by atoms with van der Waals surface area (Å²) in [7, 11) is -4.84. The van der Waals surface area contributed by atoms with Gasteiger partial charge in [0.15, 0.2) is 0 Å². The van der Waals surface area contributed by atoms with Gasteiger partial charge in [-0.1, -0.05) is 0 Å². The van der Waals surface area contributed by atoms with Crippen molar-refractivity contribution in [3.63, 3.8) is 0 Å². The third-order valence-electron chi connectivity index (χ3n) is 6.65. The summed E-state index contributed by atoms with van der Waals surface area (Å²) < 4.78 is 1.71. The van der Waals surface area contributed by atoms with E-state index < -0.39 is 9.27 Å². The average Bonchev–Trinajstić information content (AvgIpc) is 3.12. The molecule has 0 aromatic rings. The Balaban J connectivity index is 2.63. The van der Waals surface area contributed by atoms with Gasteiger partial charge in [-0.2, -0.15) is 0 Å². The Kier molecular flexibility index (Phi) is 5.70. The summed E-state index contributed by atoms with van der Waals surface area (Å²) in [5.41, 5.74) is 0. The molecule has 4 nitrogen and oxygen atoms in total. The van der Waals surface area contributed by atoms with Crippen molar-refractivity contribution in [3.8, 4) is 0 Å². The summed E-state index contributed by atoms with van der Waals surface area (Å²) in [6.07, 6.45) is 9.21. The van der Waals surface area contributed by atoms with Crippen LogP contribution in [-0.2, 0) is 9.27 Å². The van der Waals surface area contributed by atoms with Crippen LogP contribution in [0.2, 0.25) is 0 Å². The number of halogens is 4. The molecule has 2 aliphatic heterocycles. The van der Waals surface area contributed by atoms with Crippen LogP contribution in [0.4, 0.5) is 0 Å². The van der Waals surface area contributed by atoms with Crippen molar-refractivity contribution in [1.82, 2.24) is 9.80 Å². The molecule has 0 N–H and O–H groups in total. The van der Waals surface area contributed by atoms with Crippen molar-refractivity contribution in [1.29, 1.82) is 0 Å². The third kappa shape index (κ3) is 2.79. The van der Waals surface area contributed by atoms with Crippen LogP contribution in [0.15, 0.2) is 24.8 Å². The molecule has 132 valence electrons. The van der Waals surface area contributed by atoms with Crippen molar-refractivity contribution in [2.45, 2.75) is 27.7 Å². The van der Waals surface area contributed by atoms with Crippen LogP contribution in [-0.4, -0.2) is 53.8 Å². The van der Waals surface area contributed by atoms with Gasteiger partial charge in [0.05, 0.1) is 0 Å². The molecule has 0 fully saturated rings. The van der Waals surface area contributed by atoms with E-state index in [0.29, 0.717) is 0 Å². The summed E-state index contributed by atoms with van der Waals surface area (Å²) in [5, 5.41) is 0. The topological polar surface area (TPSA) is 6.48 Å². The van der Waals surface area contributed by atoms with Gasteiger partial charge in [-0.15, -0.1) is 0 Å². The van der Waals surface area contributed by atoms with Gasteiger partial charge in [-0.25, -0.2) is 0 Å². The molecule has 2 atom stereocenters. The van der Waals surface area contributed by atoms with Gasteiger partial charge in [0, 0.05) is 0 Å². The quantitative estimate of drug-likeness (QED) is 0.331. The maximum atomic E-state index is 4.35. The molecule has 0 amide bonds. The second-order valence-corrected chi connectivity index (χ2v) is 204. The zero-order valence-corrected chi connectivity index (χ0v) is 26.4. The molecular weight excluding hydrogens is 744 g/mol. The Morgan fingerprint density at radius 2 is 1.13 bits per heavy atom. The van der Waals surface area contributed by atoms with Gasteiger partial charge < -0.3 is 0 Å². The Hall–Kier alpha value is 1.86. The predicted octanol–water partition coefficient (Wildman–Crippen LogP) is 5.48. The molecule has 0 aromatic carbocycles. The minimum atomic E-state index is -4.84. The van der Waals surface area contributed by atoms with Crippen LogP contribution in [0.5, 0.6) is 0 Å². The van der Waals surface area contributed by atoms with Crippen LogP contribution in [0, 0.1) is 0 Å². The molecule has 0 aliphatic carbocycles. The molecule has 2 unspecified atom stereocenters. The van der Waals surface area contributed by atoms with Crippen LogP contribution >= 0.6 is 47.6 Å². The Labute approximate surface area is 161 Å². The molecule has 9 heteroatoms. The van der Waals surface area contributed by atoms with E-state index in [9.17, 15) is 0 Å². The molecular formula is C14H28Br4HgN4+2. The summed E-state index contributed by atoms with van der Waals surface area (Å²) in [6.45, 7) is 15.0. The minimum absolute atomic E-state index is 0.855. The normalized spacial score (nSPS) is 32.5. The molecule has 0 saturated carbocycles. The molecule has 2 rings (SSSR count). The fourth-order valence-electron chi connectivity index (χ4n) is 4.45. The summed E-state index contributed by atoms with van der Waals surface area (Å²) >= 11 is 17.4. The van der Waals surface area contributed by atoms with Crippen molar-refractivity contribution in [2.75, 3.05) is 39.5 Å². The Morgan fingerprint density at radius 3 is 1.35 bits per heavy atom. The van der Waals surface area contributed by atoms with E-state index in [2.05, 4.69) is 110 Å². The van der Waals surface area contributed by atoms with Gasteiger partial charge in [0.25, 0.3) is 0 Å². The van der Waals surface area contributed by atoms with E-state index in [4.69, 9.17) is 0 Å². The number of quaternary nitrogens is 2. The second-order valence-electron chi connectivity index (χ2n) is 7.46. The molecule has 0 aromatic heterocycles. The van der Waals surface area contributed by atoms with Gasteiger partial charge in [0.1, 0.15) is 0 Å². The van der Waals surface area contributed by atoms with E-state index in [0.717, 1.165) is 44.0 Å². The van der Waals surface area contributed by atoms with Crippen LogP contribution in [0.3, 0.4) is 0 Å². The zero-order valence-electron chi connectivity index (χ0n) is 14.6. The summed E-state index contributed by atoms with van der Waals surface area (Å²) in [6, 6.07) is 0. The van der Waals surface area contributed by atoms with Crippen LogP contribution < -0.4 is 0 Å². The molecule has 0 spiro atoms. The average molecular weight is 773 g/mol. The van der Waals surface area contributed by atoms with Crippen molar-refractivity contribution < 1.29 is 13.8 Å². The third-order valence-corrected chi connectivity index (χ3v) is 103. The van der Waals surface area contributed by atoms with Gasteiger partial charge in [-0.05, 0) is 0 Å². The van der Waals surface area contributed by atoms with E-state index in [1.807, 2.05) is 0 Å². The first-order valence-corrected chi connectivity index (χ1v) is 61.4. The zero-order chi connectivity index (χ0) is 17.6. The Bertz CT molecular complexity index is 503. The fraction of sp³-hybridized carbons (Fsp3) is 0.714. The molecule has 23 heavy (non-hydrogen) atoms. The van der Waals surface area contributed by atoms with Crippen LogP contribution in [0.1, 0.15) is 27.7 Å². The maximum absolute atomic E-state index is 4.84. The van der Waals surface area contributed by atoms with E-state index in [-0.39, 0.29) is 0 Å². The predicted molar refractivity (Wildman–Crippen MR) is 110 cm³/mol. The molecule has 2 aliphatic rings. The molecule has 0 radical (unpaired) electrons. The first-order valence-electron chi connectivity index (χ1n) is 8.76. The summed E-state index contributed by atoms with van der Waals surface area (Å²) in [4.78, 5) is 4.77. The molecule has 0 saturated heterocycles. The number of hydrogen-bond acceptors (Lipinski definition) is 2. The fourth-order valence-corrected chi connectivity index (χ4v) is 72.4. The van der Waals surface area contributed by atoms with E-state index in [1.165, 1.54) is 0 Å². The first kappa shape index (κ1) is 21.2. The van der Waals surface area contributed by atoms with Crippen LogP contribution in [0.25, 0.3) is 0 Å². The number of hydrogen-bond donors (Lipinski definition) is 0. The van der Waals surface area contributed by atoms with E-state index in [1.54, 1.807) is 0 Å². The SMILES string of the molecule is CCN1C=C[N+](CC)([Hg]([Br])([Br])([Br])([Br])[N+]2(CC)C=CN(CC)C2)C1. The van der Waals surface area contributed by atoms with Gasteiger partial charge in [0.2, 0.25) is 0 Å². The standard InChI is InChI=1S/2C7H14N2.4BrH.Hg/c2*1-3-8-5-6-9(4-2)7-8;;;;;/h2*5-6H,3-4,7H2,1-2H3;4*1H;/q;;;;;;+6/p-4. The van der Waals surface area contributed by atoms with Crippen molar-refractivity contribution in [2.24, 2.45) is 0 Å². The Morgan fingerprint density at radius 1 is 0.783 bits per heavy atom. The van der Waals surface area contributed by atoms with Crippen molar-refractivity contribution in [3.05, 3.63) is 24.8 Å². The van der Waals surface area contributed by atoms with Gasteiger partial charge in [-0.3, -0.25) is 0 Å². The number of rotatable bonds is 6. The second kappa shape index (κ2) is 6.19. The first-order chi connectivity index (χ1) is 10.4. The van der Waals surface area contributed by atoms with Crippen molar-refractivity contribution >= 4 is 47.6 Å². The molecule has 0 bridgehead atoms. The summed E-state index contributed by atoms with van der Waals surface area (Å²) in [5.74, 6) is 0. The van der Waals surface area contributed by atoms with Gasteiger partial charge >= 0.3 is 163 Å². The van der Waals surface area contributed by atoms with E-state index >= 15 is 0 Å².